The van der Waals surface area contributed by atoms with Crippen LogP contribution in [0.1, 0.15) is 47.0 Å². The van der Waals surface area contributed by atoms with E-state index in [0.29, 0.717) is 12.8 Å². The minimum absolute atomic E-state index is 0.0398. The van der Waals surface area contributed by atoms with Gasteiger partial charge in [-0.3, -0.25) is 19.2 Å². The lowest BCUT2D eigenvalue weighted by Crippen LogP contribution is -2.60. The summed E-state index contributed by atoms with van der Waals surface area (Å²) in [4.78, 5) is 64.3. The van der Waals surface area contributed by atoms with Crippen LogP contribution in [0.3, 0.4) is 0 Å². The highest BCUT2D eigenvalue weighted by Crippen LogP contribution is 2.31. The molecule has 5 amide bonds. The number of primary amides is 1. The zero-order chi connectivity index (χ0) is 27.8. The van der Waals surface area contributed by atoms with Crippen molar-refractivity contribution in [2.75, 3.05) is 13.1 Å². The summed E-state index contributed by atoms with van der Waals surface area (Å²) in [6.45, 7) is 10.2. The summed E-state index contributed by atoms with van der Waals surface area (Å²) in [6.07, 6.45) is -1.75. The Kier molecular flexibility index (Phi) is 11.4. The van der Waals surface area contributed by atoms with Crippen LogP contribution in [0.5, 0.6) is 0 Å². The molecule has 0 spiro atoms. The molecule has 0 radical (unpaired) electrons. The van der Waals surface area contributed by atoms with Crippen molar-refractivity contribution in [2.24, 2.45) is 22.8 Å². The van der Waals surface area contributed by atoms with Gasteiger partial charge in [0.05, 0.1) is 0 Å². The fraction of sp³-hybridized carbons (Fsp3) is 0.696. The van der Waals surface area contributed by atoms with Crippen molar-refractivity contribution in [3.05, 3.63) is 12.7 Å². The Hall–Kier alpha value is -3.09. The molecule has 0 bridgehead atoms. The van der Waals surface area contributed by atoms with Crippen molar-refractivity contribution in [1.29, 1.82) is 0 Å². The number of amides is 5. The Morgan fingerprint density at radius 2 is 1.78 bits per heavy atom. The summed E-state index contributed by atoms with van der Waals surface area (Å²) < 4.78 is 26.4. The van der Waals surface area contributed by atoms with E-state index in [9.17, 15) is 32.8 Å². The molecule has 11 nitrogen and oxygen atoms in total. The average molecular weight is 517 g/mol. The Morgan fingerprint density at radius 1 is 1.17 bits per heavy atom. The molecule has 1 aliphatic heterocycles. The quantitative estimate of drug-likeness (QED) is 0.181. The van der Waals surface area contributed by atoms with Crippen molar-refractivity contribution >= 4 is 29.5 Å². The van der Waals surface area contributed by atoms with Crippen molar-refractivity contribution in [2.45, 2.75) is 77.6 Å². The number of rotatable bonds is 12. The molecule has 204 valence electrons. The van der Waals surface area contributed by atoms with E-state index in [-0.39, 0.29) is 13.1 Å². The first-order valence-electron chi connectivity index (χ1n) is 11.8. The number of hydrogen-bond donors (Lipinski definition) is 5. The van der Waals surface area contributed by atoms with Crippen LogP contribution in [-0.4, -0.2) is 78.1 Å². The lowest BCUT2D eigenvalue weighted by atomic mass is 9.85. The zero-order valence-corrected chi connectivity index (χ0v) is 21.2. The average Bonchev–Trinajstić information content (AvgIpc) is 3.09. The Balaban J connectivity index is 3.34. The number of ketones is 1. The summed E-state index contributed by atoms with van der Waals surface area (Å²) in [5.74, 6) is -4.47. The van der Waals surface area contributed by atoms with E-state index in [1.54, 1.807) is 20.8 Å². The molecular weight excluding hydrogens is 478 g/mol. The molecule has 0 unspecified atom stereocenters. The van der Waals surface area contributed by atoms with Gasteiger partial charge in [0.1, 0.15) is 18.1 Å². The predicted molar refractivity (Wildman–Crippen MR) is 129 cm³/mol. The van der Waals surface area contributed by atoms with Crippen LogP contribution in [0.2, 0.25) is 0 Å². The highest BCUT2D eigenvalue weighted by Gasteiger charge is 2.49. The van der Waals surface area contributed by atoms with E-state index in [1.807, 2.05) is 6.92 Å². The minimum atomic E-state index is -2.99. The van der Waals surface area contributed by atoms with Gasteiger partial charge in [0.2, 0.25) is 24.0 Å². The van der Waals surface area contributed by atoms with Crippen LogP contribution < -0.4 is 27.4 Å². The van der Waals surface area contributed by atoms with Crippen molar-refractivity contribution < 1.29 is 32.8 Å². The number of likely N-dealkylation sites (tertiary alicyclic amines) is 1. The number of hydrogen-bond acceptors (Lipinski definition) is 6. The first kappa shape index (κ1) is 30.9. The number of urea groups is 1. The second-order valence-corrected chi connectivity index (χ2v) is 9.91. The highest BCUT2D eigenvalue weighted by atomic mass is 19.3. The Labute approximate surface area is 209 Å². The Morgan fingerprint density at radius 3 is 2.25 bits per heavy atom. The molecule has 0 aromatic heterocycles. The lowest BCUT2D eigenvalue weighted by Gasteiger charge is -2.36. The molecule has 0 aromatic rings. The SMILES string of the molecule is C=CCNC(=O)C(=O)[C@H](CC(F)F)NC(=O)[C@@H]1[C@@H](CCC)[C@@H](N)CN1C(=O)[C@@H](NC(N)=O)C(C)(C)C. The standard InChI is InChI=1S/C23H38F2N6O5/c1-6-8-12-13(26)11-31(21(35)18(23(3,4)5)30-22(27)36)16(12)19(33)29-14(10-15(24)25)17(32)20(34)28-9-7-2/h7,12-16,18H,2,6,8-11,26H2,1,3-5H3,(H,28,34)(H,29,33)(H3,27,30,36)/t12-,13-,14-,16-,18+/m0/s1. The first-order chi connectivity index (χ1) is 16.6. The van der Waals surface area contributed by atoms with Gasteiger partial charge in [-0.05, 0) is 11.8 Å². The zero-order valence-electron chi connectivity index (χ0n) is 21.2. The number of nitrogens with two attached hydrogens (primary N) is 2. The van der Waals surface area contributed by atoms with E-state index in [4.69, 9.17) is 11.5 Å². The highest BCUT2D eigenvalue weighted by molar-refractivity contribution is 6.38. The summed E-state index contributed by atoms with van der Waals surface area (Å²) >= 11 is 0. The van der Waals surface area contributed by atoms with E-state index in [2.05, 4.69) is 22.5 Å². The molecule has 0 aromatic carbocycles. The molecule has 7 N–H and O–H groups in total. The molecule has 1 rings (SSSR count). The molecule has 0 saturated carbocycles. The molecule has 1 heterocycles. The summed E-state index contributed by atoms with van der Waals surface area (Å²) in [7, 11) is 0. The van der Waals surface area contributed by atoms with E-state index in [1.165, 1.54) is 11.0 Å². The van der Waals surface area contributed by atoms with E-state index < -0.39 is 77.9 Å². The Bertz CT molecular complexity index is 847. The maximum Gasteiger partial charge on any atom is 0.312 e. The number of nitrogens with zero attached hydrogens (tertiary/aromatic N) is 1. The maximum absolute atomic E-state index is 13.5. The third-order valence-corrected chi connectivity index (χ3v) is 5.95. The fourth-order valence-corrected chi connectivity index (χ4v) is 4.24. The second kappa shape index (κ2) is 13.3. The van der Waals surface area contributed by atoms with Gasteiger partial charge in [0, 0.05) is 31.5 Å². The number of nitrogens with one attached hydrogen (secondary N) is 3. The van der Waals surface area contributed by atoms with Crippen LogP contribution in [0, 0.1) is 11.3 Å². The predicted octanol–water partition coefficient (Wildman–Crippen LogP) is 0.0351. The largest absolute Gasteiger partial charge is 0.352 e. The smallest absolute Gasteiger partial charge is 0.312 e. The van der Waals surface area contributed by atoms with Gasteiger partial charge >= 0.3 is 6.03 Å². The third-order valence-electron chi connectivity index (χ3n) is 5.95. The summed E-state index contributed by atoms with van der Waals surface area (Å²) in [5.41, 5.74) is 10.7. The van der Waals surface area contributed by atoms with Gasteiger partial charge in [0.15, 0.2) is 0 Å². The molecule has 13 heteroatoms. The molecule has 0 aliphatic carbocycles. The molecular formula is C23H38F2N6O5. The van der Waals surface area contributed by atoms with Crippen LogP contribution in [0.4, 0.5) is 13.6 Å². The first-order valence-corrected chi connectivity index (χ1v) is 11.8. The number of Topliss-reactive ketones (excluding diaryl/α,β-unsaturated/α-hetero) is 1. The molecule has 1 fully saturated rings. The van der Waals surface area contributed by atoms with Gasteiger partial charge in [-0.1, -0.05) is 40.2 Å². The fourth-order valence-electron chi connectivity index (χ4n) is 4.24. The number of halogens is 2. The number of carbonyl (C=O) groups excluding carboxylic acids is 5. The van der Waals surface area contributed by atoms with E-state index >= 15 is 0 Å². The van der Waals surface area contributed by atoms with Crippen molar-refractivity contribution in [3.8, 4) is 0 Å². The monoisotopic (exact) mass is 516 g/mol. The second-order valence-electron chi connectivity index (χ2n) is 9.91. The van der Waals surface area contributed by atoms with Crippen LogP contribution >= 0.6 is 0 Å². The van der Waals surface area contributed by atoms with E-state index in [0.717, 1.165) is 0 Å². The lowest BCUT2D eigenvalue weighted by molar-refractivity contribution is -0.145. The van der Waals surface area contributed by atoms with Gasteiger partial charge < -0.3 is 32.3 Å². The van der Waals surface area contributed by atoms with Crippen LogP contribution in [-0.2, 0) is 19.2 Å². The molecule has 5 atom stereocenters. The van der Waals surface area contributed by atoms with Crippen molar-refractivity contribution in [3.63, 3.8) is 0 Å². The summed E-state index contributed by atoms with van der Waals surface area (Å²) in [5, 5.41) is 6.84. The van der Waals surface area contributed by atoms with Crippen molar-refractivity contribution in [1.82, 2.24) is 20.9 Å². The van der Waals surface area contributed by atoms with Gasteiger partial charge in [-0.15, -0.1) is 6.58 Å². The van der Waals surface area contributed by atoms with Crippen LogP contribution in [0.25, 0.3) is 0 Å². The number of carbonyl (C=O) groups is 5. The van der Waals surface area contributed by atoms with Gasteiger partial charge in [-0.2, -0.15) is 0 Å². The van der Waals surface area contributed by atoms with Gasteiger partial charge in [-0.25, -0.2) is 13.6 Å². The molecule has 1 saturated heterocycles. The third kappa shape index (κ3) is 8.25. The molecule has 1 aliphatic rings. The minimum Gasteiger partial charge on any atom is -0.352 e. The van der Waals surface area contributed by atoms with Crippen LogP contribution in [0.15, 0.2) is 12.7 Å². The summed E-state index contributed by atoms with van der Waals surface area (Å²) in [6, 6.07) is -5.71. The number of alkyl halides is 2. The maximum atomic E-state index is 13.5. The molecule has 36 heavy (non-hydrogen) atoms. The topological polar surface area (TPSA) is 177 Å². The van der Waals surface area contributed by atoms with Gasteiger partial charge in [0.25, 0.3) is 5.91 Å². The normalized spacial score (nSPS) is 21.4.